The molecule has 0 radical (unpaired) electrons. The molecule has 6 nitrogen and oxygen atoms in total. The summed E-state index contributed by atoms with van der Waals surface area (Å²) in [6, 6.07) is 5.83. The van der Waals surface area contributed by atoms with Gasteiger partial charge in [0, 0.05) is 25.5 Å². The fourth-order valence-electron chi connectivity index (χ4n) is 3.00. The molecule has 2 N–H and O–H groups in total. The number of nitrogens with zero attached hydrogens (tertiary/aromatic N) is 4. The molecular weight excluding hydrogens is 290 g/mol. The highest BCUT2D eigenvalue weighted by Gasteiger charge is 2.14. The lowest BCUT2D eigenvalue weighted by molar-refractivity contribution is 0.109. The van der Waals surface area contributed by atoms with Gasteiger partial charge in [-0.1, -0.05) is 12.5 Å². The van der Waals surface area contributed by atoms with E-state index in [1.54, 1.807) is 6.20 Å². The summed E-state index contributed by atoms with van der Waals surface area (Å²) in [5.74, 6) is 2.50. The van der Waals surface area contributed by atoms with Gasteiger partial charge < -0.3 is 15.3 Å². The Kier molecular flexibility index (Phi) is 5.25. The quantitative estimate of drug-likeness (QED) is 0.851. The number of pyridine rings is 1. The van der Waals surface area contributed by atoms with Gasteiger partial charge in [-0.2, -0.15) is 0 Å². The Morgan fingerprint density at radius 2 is 2.09 bits per heavy atom. The molecule has 3 heterocycles. The van der Waals surface area contributed by atoms with Crippen molar-refractivity contribution in [3.8, 4) is 5.82 Å². The fraction of sp³-hybridized carbons (Fsp3) is 0.529. The first-order valence-corrected chi connectivity index (χ1v) is 8.34. The molecule has 1 aliphatic heterocycles. The van der Waals surface area contributed by atoms with Gasteiger partial charge in [0.15, 0.2) is 0 Å². The van der Waals surface area contributed by atoms with Crippen molar-refractivity contribution in [3.05, 3.63) is 36.4 Å². The molecule has 0 bridgehead atoms. The van der Waals surface area contributed by atoms with Crippen molar-refractivity contribution in [1.82, 2.24) is 19.4 Å². The summed E-state index contributed by atoms with van der Waals surface area (Å²) in [6.45, 7) is 5.39. The van der Waals surface area contributed by atoms with Crippen LogP contribution in [0.15, 0.2) is 30.6 Å². The van der Waals surface area contributed by atoms with Crippen LogP contribution in [0.4, 0.5) is 5.82 Å². The van der Waals surface area contributed by atoms with Crippen molar-refractivity contribution in [2.75, 3.05) is 31.5 Å². The molecule has 1 atom stereocenters. The number of nitrogens with one attached hydrogen (secondary N) is 1. The van der Waals surface area contributed by atoms with Crippen LogP contribution in [0.5, 0.6) is 0 Å². The van der Waals surface area contributed by atoms with Crippen molar-refractivity contribution in [2.24, 2.45) is 0 Å². The molecule has 0 saturated carbocycles. The first kappa shape index (κ1) is 16.0. The van der Waals surface area contributed by atoms with Crippen molar-refractivity contribution in [2.45, 2.75) is 32.3 Å². The van der Waals surface area contributed by atoms with Gasteiger partial charge in [0.2, 0.25) is 0 Å². The number of aliphatic hydroxyl groups is 1. The zero-order valence-electron chi connectivity index (χ0n) is 13.6. The highest BCUT2D eigenvalue weighted by molar-refractivity contribution is 5.40. The molecule has 0 aliphatic carbocycles. The largest absolute Gasteiger partial charge is 0.390 e. The molecular formula is C17H25N5O. The van der Waals surface area contributed by atoms with Crippen LogP contribution in [-0.2, 0) is 0 Å². The summed E-state index contributed by atoms with van der Waals surface area (Å²) >= 11 is 0. The number of anilines is 1. The standard InChI is InChI=1S/C17H25N5O/c1-14-18-8-11-22(14)17-7-5-6-16(20-17)19-12-15(23)13-21-9-3-2-4-10-21/h5-8,11,15,23H,2-4,9-10,12-13H2,1H3,(H,19,20). The summed E-state index contributed by atoms with van der Waals surface area (Å²) in [5, 5.41) is 13.4. The molecule has 1 aliphatic rings. The maximum Gasteiger partial charge on any atom is 0.140 e. The molecule has 2 aromatic heterocycles. The van der Waals surface area contributed by atoms with Crippen LogP contribution in [0.2, 0.25) is 0 Å². The zero-order chi connectivity index (χ0) is 16.1. The third kappa shape index (κ3) is 4.30. The smallest absolute Gasteiger partial charge is 0.140 e. The molecule has 3 rings (SSSR count). The molecule has 0 amide bonds. The first-order valence-electron chi connectivity index (χ1n) is 8.34. The number of hydrogen-bond donors (Lipinski definition) is 2. The fourth-order valence-corrected chi connectivity index (χ4v) is 3.00. The Balaban J connectivity index is 1.55. The van der Waals surface area contributed by atoms with E-state index in [-0.39, 0.29) is 6.10 Å². The second-order valence-electron chi connectivity index (χ2n) is 6.12. The predicted molar refractivity (Wildman–Crippen MR) is 90.9 cm³/mol. The van der Waals surface area contributed by atoms with Crippen LogP contribution in [0.1, 0.15) is 25.1 Å². The lowest BCUT2D eigenvalue weighted by Gasteiger charge is -2.28. The van der Waals surface area contributed by atoms with Gasteiger partial charge in [-0.15, -0.1) is 0 Å². The van der Waals surface area contributed by atoms with E-state index in [1.165, 1.54) is 19.3 Å². The Morgan fingerprint density at radius 1 is 1.26 bits per heavy atom. The van der Waals surface area contributed by atoms with Crippen LogP contribution in [-0.4, -0.2) is 56.8 Å². The predicted octanol–water partition coefficient (Wildman–Crippen LogP) is 1.83. The Labute approximate surface area is 137 Å². The van der Waals surface area contributed by atoms with E-state index in [0.29, 0.717) is 6.54 Å². The molecule has 2 aromatic rings. The van der Waals surface area contributed by atoms with Gasteiger partial charge in [0.25, 0.3) is 0 Å². The van der Waals surface area contributed by atoms with E-state index in [9.17, 15) is 5.11 Å². The number of hydrogen-bond acceptors (Lipinski definition) is 5. The number of aryl methyl sites for hydroxylation is 1. The third-order valence-electron chi connectivity index (χ3n) is 4.24. The van der Waals surface area contributed by atoms with Crippen LogP contribution < -0.4 is 5.32 Å². The summed E-state index contributed by atoms with van der Waals surface area (Å²) in [6.07, 6.45) is 7.08. The van der Waals surface area contributed by atoms with E-state index in [1.807, 2.05) is 35.9 Å². The first-order chi connectivity index (χ1) is 11.2. The lowest BCUT2D eigenvalue weighted by atomic mass is 10.1. The van der Waals surface area contributed by atoms with Crippen LogP contribution in [0.3, 0.4) is 0 Å². The van der Waals surface area contributed by atoms with Gasteiger partial charge in [-0.3, -0.25) is 4.57 Å². The van der Waals surface area contributed by atoms with Crippen LogP contribution in [0, 0.1) is 6.92 Å². The minimum Gasteiger partial charge on any atom is -0.390 e. The number of aliphatic hydroxyl groups excluding tert-OH is 1. The number of imidazole rings is 1. The number of piperidine rings is 1. The third-order valence-corrected chi connectivity index (χ3v) is 4.24. The maximum atomic E-state index is 10.2. The van der Waals surface area contributed by atoms with E-state index < -0.39 is 0 Å². The second kappa shape index (κ2) is 7.57. The van der Waals surface area contributed by atoms with Crippen molar-refractivity contribution in [3.63, 3.8) is 0 Å². The van der Waals surface area contributed by atoms with Crippen molar-refractivity contribution in [1.29, 1.82) is 0 Å². The molecule has 23 heavy (non-hydrogen) atoms. The highest BCUT2D eigenvalue weighted by Crippen LogP contribution is 2.12. The molecule has 0 spiro atoms. The Hall–Kier alpha value is -1.92. The molecule has 124 valence electrons. The van der Waals surface area contributed by atoms with E-state index in [2.05, 4.69) is 20.2 Å². The zero-order valence-corrected chi connectivity index (χ0v) is 13.6. The topological polar surface area (TPSA) is 66.2 Å². The second-order valence-corrected chi connectivity index (χ2v) is 6.12. The molecule has 1 saturated heterocycles. The Morgan fingerprint density at radius 3 is 2.83 bits per heavy atom. The van der Waals surface area contributed by atoms with E-state index in [0.717, 1.165) is 37.1 Å². The maximum absolute atomic E-state index is 10.2. The van der Waals surface area contributed by atoms with E-state index in [4.69, 9.17) is 0 Å². The van der Waals surface area contributed by atoms with E-state index >= 15 is 0 Å². The van der Waals surface area contributed by atoms with Gasteiger partial charge >= 0.3 is 0 Å². The minimum absolute atomic E-state index is 0.381. The number of likely N-dealkylation sites (tertiary alicyclic amines) is 1. The van der Waals surface area contributed by atoms with Gasteiger partial charge in [0.05, 0.1) is 6.10 Å². The van der Waals surface area contributed by atoms with Gasteiger partial charge in [-0.05, 0) is 45.0 Å². The lowest BCUT2D eigenvalue weighted by Crippen LogP contribution is -2.39. The normalized spacial score (nSPS) is 17.1. The summed E-state index contributed by atoms with van der Waals surface area (Å²) in [5.41, 5.74) is 0. The molecule has 1 fully saturated rings. The monoisotopic (exact) mass is 315 g/mol. The summed E-state index contributed by atoms with van der Waals surface area (Å²) in [4.78, 5) is 11.1. The number of β-amino-alcohol motifs (C(OH)–C–C–N with tert-alkyl or cyclic N) is 1. The van der Waals surface area contributed by atoms with Gasteiger partial charge in [0.1, 0.15) is 17.5 Å². The number of aromatic nitrogens is 3. The van der Waals surface area contributed by atoms with Crippen molar-refractivity contribution >= 4 is 5.82 Å². The highest BCUT2D eigenvalue weighted by atomic mass is 16.3. The average Bonchev–Trinajstić information content (AvgIpc) is 3.00. The number of rotatable bonds is 6. The summed E-state index contributed by atoms with van der Waals surface area (Å²) < 4.78 is 1.94. The average molecular weight is 315 g/mol. The van der Waals surface area contributed by atoms with Crippen LogP contribution >= 0.6 is 0 Å². The Bertz CT molecular complexity index is 621. The SMILES string of the molecule is Cc1nccn1-c1cccc(NCC(O)CN2CCCCC2)n1. The van der Waals surface area contributed by atoms with Crippen molar-refractivity contribution < 1.29 is 5.11 Å². The molecule has 0 aromatic carbocycles. The molecule has 6 heteroatoms. The molecule has 1 unspecified atom stereocenters. The van der Waals surface area contributed by atoms with Crippen LogP contribution in [0.25, 0.3) is 5.82 Å². The van der Waals surface area contributed by atoms with Gasteiger partial charge in [-0.25, -0.2) is 9.97 Å². The summed E-state index contributed by atoms with van der Waals surface area (Å²) in [7, 11) is 0. The minimum atomic E-state index is -0.381.